The lowest BCUT2D eigenvalue weighted by Crippen LogP contribution is -2.25. The maximum absolute atomic E-state index is 12.9. The van der Waals surface area contributed by atoms with Gasteiger partial charge in [0.05, 0.1) is 12.8 Å². The van der Waals surface area contributed by atoms with Crippen LogP contribution < -0.4 is 14.2 Å². The van der Waals surface area contributed by atoms with Crippen molar-refractivity contribution in [3.63, 3.8) is 0 Å². The standard InChI is InChI=1S/C15H11F2NO4/c1-20-11-3-4-12(19)9(6-11)8-18-10-2-5-13-14(7-10)22-15(16,17)21-13/h2-8,19H,1H3. The number of aliphatic imine (C=N–C) groups is 1. The van der Waals surface area contributed by atoms with Gasteiger partial charge in [-0.3, -0.25) is 4.99 Å². The van der Waals surface area contributed by atoms with Crippen LogP contribution in [0.1, 0.15) is 5.56 Å². The van der Waals surface area contributed by atoms with Crippen molar-refractivity contribution >= 4 is 11.9 Å². The minimum Gasteiger partial charge on any atom is -0.507 e. The highest BCUT2D eigenvalue weighted by atomic mass is 19.3. The monoisotopic (exact) mass is 307 g/mol. The van der Waals surface area contributed by atoms with Gasteiger partial charge in [0.15, 0.2) is 11.5 Å². The first-order valence-corrected chi connectivity index (χ1v) is 6.28. The van der Waals surface area contributed by atoms with Gasteiger partial charge in [-0.2, -0.15) is 0 Å². The zero-order chi connectivity index (χ0) is 15.7. The third kappa shape index (κ3) is 2.78. The van der Waals surface area contributed by atoms with E-state index in [1.54, 1.807) is 12.1 Å². The number of fused-ring (bicyclic) bond motifs is 1. The van der Waals surface area contributed by atoms with Gasteiger partial charge < -0.3 is 19.3 Å². The van der Waals surface area contributed by atoms with E-state index in [2.05, 4.69) is 14.5 Å². The second-order valence-corrected chi connectivity index (χ2v) is 4.48. The summed E-state index contributed by atoms with van der Waals surface area (Å²) in [5, 5.41) is 9.74. The van der Waals surface area contributed by atoms with E-state index < -0.39 is 6.29 Å². The highest BCUT2D eigenvalue weighted by Gasteiger charge is 2.43. The molecule has 5 nitrogen and oxygen atoms in total. The molecule has 1 heterocycles. The number of phenolic OH excluding ortho intramolecular Hbond substituents is 1. The normalized spacial score (nSPS) is 15.2. The Morgan fingerprint density at radius 1 is 1.14 bits per heavy atom. The molecule has 1 aliphatic heterocycles. The topological polar surface area (TPSA) is 60.3 Å². The summed E-state index contributed by atoms with van der Waals surface area (Å²) >= 11 is 0. The Labute approximate surface area is 124 Å². The summed E-state index contributed by atoms with van der Waals surface area (Å²) in [6.45, 7) is 0. The van der Waals surface area contributed by atoms with Crippen molar-refractivity contribution in [1.29, 1.82) is 0 Å². The van der Waals surface area contributed by atoms with Crippen LogP contribution in [0.5, 0.6) is 23.0 Å². The highest BCUT2D eigenvalue weighted by Crippen LogP contribution is 2.42. The molecular formula is C15H11F2NO4. The molecule has 0 unspecified atom stereocenters. The second kappa shape index (κ2) is 5.18. The lowest BCUT2D eigenvalue weighted by Gasteiger charge is -2.04. The predicted octanol–water partition coefficient (Wildman–Crippen LogP) is 3.47. The smallest absolute Gasteiger partial charge is 0.507 e. The number of nitrogens with zero attached hydrogens (tertiary/aromatic N) is 1. The largest absolute Gasteiger partial charge is 0.586 e. The van der Waals surface area contributed by atoms with Crippen LogP contribution in [0.2, 0.25) is 0 Å². The molecule has 0 atom stereocenters. The number of phenols is 1. The molecule has 0 radical (unpaired) electrons. The first-order valence-electron chi connectivity index (χ1n) is 6.28. The average molecular weight is 307 g/mol. The van der Waals surface area contributed by atoms with Gasteiger partial charge in [-0.15, -0.1) is 8.78 Å². The molecule has 0 aromatic heterocycles. The molecule has 0 saturated carbocycles. The van der Waals surface area contributed by atoms with Crippen LogP contribution in [0, 0.1) is 0 Å². The minimum absolute atomic E-state index is 0.0248. The number of halogens is 2. The molecule has 2 aromatic rings. The number of hydrogen-bond donors (Lipinski definition) is 1. The summed E-state index contributed by atoms with van der Waals surface area (Å²) in [5.41, 5.74) is 0.810. The number of benzene rings is 2. The Balaban J connectivity index is 1.85. The maximum atomic E-state index is 12.9. The molecule has 7 heteroatoms. The molecule has 22 heavy (non-hydrogen) atoms. The fourth-order valence-corrected chi connectivity index (χ4v) is 1.93. The van der Waals surface area contributed by atoms with Gasteiger partial charge >= 0.3 is 6.29 Å². The summed E-state index contributed by atoms with van der Waals surface area (Å²) in [4.78, 5) is 4.12. The number of hydrogen-bond acceptors (Lipinski definition) is 5. The quantitative estimate of drug-likeness (QED) is 0.882. The molecule has 1 aliphatic rings. The Kier molecular flexibility index (Phi) is 3.32. The van der Waals surface area contributed by atoms with E-state index in [9.17, 15) is 13.9 Å². The zero-order valence-corrected chi connectivity index (χ0v) is 11.4. The van der Waals surface area contributed by atoms with E-state index in [-0.39, 0.29) is 17.2 Å². The van der Waals surface area contributed by atoms with E-state index in [1.807, 2.05) is 0 Å². The summed E-state index contributed by atoms with van der Waals surface area (Å²) in [7, 11) is 1.51. The van der Waals surface area contributed by atoms with Crippen molar-refractivity contribution in [2.75, 3.05) is 7.11 Å². The van der Waals surface area contributed by atoms with Gasteiger partial charge in [0.1, 0.15) is 11.5 Å². The second-order valence-electron chi connectivity index (χ2n) is 4.48. The van der Waals surface area contributed by atoms with Crippen LogP contribution in [0.4, 0.5) is 14.5 Å². The Morgan fingerprint density at radius 2 is 1.91 bits per heavy atom. The number of ether oxygens (including phenoxy) is 3. The van der Waals surface area contributed by atoms with Crippen LogP contribution in [-0.2, 0) is 0 Å². The van der Waals surface area contributed by atoms with Gasteiger partial charge in [-0.05, 0) is 30.3 Å². The van der Waals surface area contributed by atoms with Crippen LogP contribution in [-0.4, -0.2) is 24.7 Å². The molecule has 0 amide bonds. The van der Waals surface area contributed by atoms with Crippen molar-refractivity contribution < 1.29 is 28.1 Å². The Bertz CT molecular complexity index is 746. The summed E-state index contributed by atoms with van der Waals surface area (Å²) in [6.07, 6.45) is -2.26. The summed E-state index contributed by atoms with van der Waals surface area (Å²) < 4.78 is 39.6. The van der Waals surface area contributed by atoms with Crippen molar-refractivity contribution in [1.82, 2.24) is 0 Å². The first kappa shape index (κ1) is 14.1. The lowest BCUT2D eigenvalue weighted by atomic mass is 10.2. The Morgan fingerprint density at radius 3 is 2.68 bits per heavy atom. The number of methoxy groups -OCH3 is 1. The predicted molar refractivity (Wildman–Crippen MR) is 74.6 cm³/mol. The number of aromatic hydroxyl groups is 1. The van der Waals surface area contributed by atoms with Crippen LogP contribution in [0.15, 0.2) is 41.4 Å². The summed E-state index contributed by atoms with van der Waals surface area (Å²) in [5.74, 6) is 0.448. The molecule has 0 spiro atoms. The van der Waals surface area contributed by atoms with Gasteiger partial charge in [-0.25, -0.2) is 0 Å². The lowest BCUT2D eigenvalue weighted by molar-refractivity contribution is -0.286. The molecule has 3 rings (SSSR count). The van der Waals surface area contributed by atoms with Crippen molar-refractivity contribution in [2.45, 2.75) is 6.29 Å². The van der Waals surface area contributed by atoms with Crippen molar-refractivity contribution in [3.05, 3.63) is 42.0 Å². The van der Waals surface area contributed by atoms with E-state index >= 15 is 0 Å². The molecule has 1 N–H and O–H groups in total. The Hall–Kier alpha value is -2.83. The van der Waals surface area contributed by atoms with E-state index in [1.165, 1.54) is 37.6 Å². The molecule has 0 fully saturated rings. The van der Waals surface area contributed by atoms with E-state index in [0.717, 1.165) is 0 Å². The first-order chi connectivity index (χ1) is 10.5. The third-order valence-electron chi connectivity index (χ3n) is 2.97. The van der Waals surface area contributed by atoms with Crippen molar-refractivity contribution in [3.8, 4) is 23.0 Å². The van der Waals surface area contributed by atoms with Gasteiger partial charge in [0.25, 0.3) is 0 Å². The van der Waals surface area contributed by atoms with Crippen LogP contribution in [0.3, 0.4) is 0 Å². The highest BCUT2D eigenvalue weighted by molar-refractivity contribution is 5.86. The average Bonchev–Trinajstić information content (AvgIpc) is 2.79. The molecule has 0 aliphatic carbocycles. The third-order valence-corrected chi connectivity index (χ3v) is 2.97. The van der Waals surface area contributed by atoms with Crippen molar-refractivity contribution in [2.24, 2.45) is 4.99 Å². The SMILES string of the molecule is COc1ccc(O)c(C=Nc2ccc3c(c2)OC(F)(F)O3)c1. The fraction of sp³-hybridized carbons (Fsp3) is 0.133. The minimum atomic E-state index is -3.66. The number of rotatable bonds is 3. The molecule has 0 bridgehead atoms. The van der Waals surface area contributed by atoms with Gasteiger partial charge in [0, 0.05) is 17.8 Å². The fourth-order valence-electron chi connectivity index (χ4n) is 1.93. The van der Waals surface area contributed by atoms with Gasteiger partial charge in [-0.1, -0.05) is 0 Å². The van der Waals surface area contributed by atoms with E-state index in [4.69, 9.17) is 4.74 Å². The molecular weight excluding hydrogens is 296 g/mol. The molecule has 114 valence electrons. The zero-order valence-electron chi connectivity index (χ0n) is 11.4. The van der Waals surface area contributed by atoms with Crippen LogP contribution >= 0.6 is 0 Å². The molecule has 0 saturated heterocycles. The number of alkyl halides is 2. The van der Waals surface area contributed by atoms with Crippen LogP contribution in [0.25, 0.3) is 0 Å². The van der Waals surface area contributed by atoms with Gasteiger partial charge in [0.2, 0.25) is 0 Å². The maximum Gasteiger partial charge on any atom is 0.586 e. The molecule has 2 aromatic carbocycles. The van der Waals surface area contributed by atoms with E-state index in [0.29, 0.717) is 17.0 Å². The summed E-state index contributed by atoms with van der Waals surface area (Å²) in [6, 6.07) is 8.84.